The Morgan fingerprint density at radius 1 is 1.26 bits per heavy atom. The van der Waals surface area contributed by atoms with Crippen molar-refractivity contribution in [3.63, 3.8) is 0 Å². The van der Waals surface area contributed by atoms with Crippen LogP contribution in [0.25, 0.3) is 0 Å². The number of carboxylic acid groups (broad SMARTS) is 1. The lowest BCUT2D eigenvalue weighted by molar-refractivity contribution is -0.149. The average Bonchev–Trinajstić information content (AvgIpc) is 2.34. The van der Waals surface area contributed by atoms with E-state index in [1.165, 1.54) is 6.92 Å². The van der Waals surface area contributed by atoms with Gasteiger partial charge in [-0.05, 0) is 25.3 Å². The first-order valence-corrected chi connectivity index (χ1v) is 5.82. The quantitative estimate of drug-likeness (QED) is 0.839. The minimum absolute atomic E-state index is 0.0857. The zero-order chi connectivity index (χ0) is 14.5. The number of aliphatic carboxylic acids is 1. The minimum atomic E-state index is -4.43. The molecule has 0 saturated heterocycles. The Balaban J connectivity index is 2.64. The normalized spacial score (nSPS) is 14.9. The number of carbonyl (C=O) groups is 1. The van der Waals surface area contributed by atoms with E-state index in [9.17, 15) is 18.0 Å². The Labute approximate surface area is 109 Å². The number of carboxylic acids is 1. The number of benzene rings is 1. The smallest absolute Gasteiger partial charge is 0.401 e. The van der Waals surface area contributed by atoms with Gasteiger partial charge in [-0.2, -0.15) is 13.2 Å². The van der Waals surface area contributed by atoms with Gasteiger partial charge in [-0.15, -0.1) is 0 Å². The fraction of sp³-hybridized carbons (Fsp3) is 0.462. The molecular formula is C13H16F3NO2. The van der Waals surface area contributed by atoms with E-state index >= 15 is 0 Å². The first-order valence-electron chi connectivity index (χ1n) is 5.82. The van der Waals surface area contributed by atoms with E-state index in [4.69, 9.17) is 5.11 Å². The van der Waals surface area contributed by atoms with Crippen LogP contribution in [-0.2, 0) is 11.2 Å². The number of alkyl halides is 3. The lowest BCUT2D eigenvalue weighted by atomic mass is 9.93. The largest absolute Gasteiger partial charge is 0.480 e. The summed E-state index contributed by atoms with van der Waals surface area (Å²) in [6.45, 7) is -0.0470. The molecule has 2 N–H and O–H groups in total. The molecule has 1 rings (SSSR count). The summed E-state index contributed by atoms with van der Waals surface area (Å²) in [7, 11) is 0. The number of nitrogens with one attached hydrogen (secondary N) is 1. The van der Waals surface area contributed by atoms with E-state index in [2.05, 4.69) is 5.32 Å². The van der Waals surface area contributed by atoms with Crippen LogP contribution in [-0.4, -0.2) is 29.3 Å². The highest BCUT2D eigenvalue weighted by Gasteiger charge is 2.37. The molecular weight excluding hydrogens is 259 g/mol. The van der Waals surface area contributed by atoms with Crippen LogP contribution < -0.4 is 5.32 Å². The fourth-order valence-electron chi connectivity index (χ4n) is 1.61. The minimum Gasteiger partial charge on any atom is -0.480 e. The SMILES string of the molecule is CC(CCc1ccccc1)(NCC(F)(F)F)C(=O)O. The molecule has 106 valence electrons. The third-order valence-electron chi connectivity index (χ3n) is 2.91. The summed E-state index contributed by atoms with van der Waals surface area (Å²) in [6, 6.07) is 9.05. The van der Waals surface area contributed by atoms with Gasteiger partial charge in [0.1, 0.15) is 5.54 Å². The zero-order valence-electron chi connectivity index (χ0n) is 10.5. The Hall–Kier alpha value is -1.56. The first-order chi connectivity index (χ1) is 8.73. The molecule has 1 aromatic carbocycles. The number of rotatable bonds is 6. The molecule has 6 heteroatoms. The highest BCUT2D eigenvalue weighted by Crippen LogP contribution is 2.19. The van der Waals surface area contributed by atoms with Crippen LogP contribution in [0.4, 0.5) is 13.2 Å². The van der Waals surface area contributed by atoms with E-state index in [1.54, 1.807) is 12.1 Å². The maximum Gasteiger partial charge on any atom is 0.401 e. The van der Waals surface area contributed by atoms with Crippen molar-refractivity contribution in [3.8, 4) is 0 Å². The summed E-state index contributed by atoms with van der Waals surface area (Å²) >= 11 is 0. The van der Waals surface area contributed by atoms with Crippen LogP contribution in [0.2, 0.25) is 0 Å². The summed E-state index contributed by atoms with van der Waals surface area (Å²) in [5.41, 5.74) is -0.700. The topological polar surface area (TPSA) is 49.3 Å². The lowest BCUT2D eigenvalue weighted by Gasteiger charge is -2.27. The molecule has 3 nitrogen and oxygen atoms in total. The Morgan fingerprint density at radius 2 is 1.84 bits per heavy atom. The molecule has 0 radical (unpaired) electrons. The van der Waals surface area contributed by atoms with Gasteiger partial charge in [-0.1, -0.05) is 30.3 Å². The molecule has 1 aromatic rings. The van der Waals surface area contributed by atoms with Gasteiger partial charge in [-0.25, -0.2) is 0 Å². The number of hydrogen-bond acceptors (Lipinski definition) is 2. The van der Waals surface area contributed by atoms with Crippen LogP contribution in [0.5, 0.6) is 0 Å². The Kier molecular flexibility index (Phi) is 4.94. The van der Waals surface area contributed by atoms with E-state index in [0.717, 1.165) is 5.56 Å². The summed E-state index contributed by atoms with van der Waals surface area (Å²) in [5.74, 6) is -1.28. The van der Waals surface area contributed by atoms with Gasteiger partial charge < -0.3 is 5.11 Å². The maximum absolute atomic E-state index is 12.2. The molecule has 0 bridgehead atoms. The van der Waals surface area contributed by atoms with E-state index in [1.807, 2.05) is 18.2 Å². The predicted molar refractivity (Wildman–Crippen MR) is 64.9 cm³/mol. The van der Waals surface area contributed by atoms with Gasteiger partial charge in [0.2, 0.25) is 0 Å². The van der Waals surface area contributed by atoms with E-state index in [-0.39, 0.29) is 6.42 Å². The molecule has 0 heterocycles. The van der Waals surface area contributed by atoms with Crippen molar-refractivity contribution < 1.29 is 23.1 Å². The molecule has 1 unspecified atom stereocenters. The van der Waals surface area contributed by atoms with Gasteiger partial charge in [0, 0.05) is 0 Å². The van der Waals surface area contributed by atoms with Gasteiger partial charge in [0.15, 0.2) is 0 Å². The van der Waals surface area contributed by atoms with Gasteiger partial charge in [0.05, 0.1) is 6.54 Å². The summed E-state index contributed by atoms with van der Waals surface area (Å²) in [4.78, 5) is 11.1. The van der Waals surface area contributed by atoms with Crippen molar-refractivity contribution in [1.82, 2.24) is 5.32 Å². The molecule has 1 atom stereocenters. The van der Waals surface area contributed by atoms with Crippen LogP contribution in [0, 0.1) is 0 Å². The standard InChI is InChI=1S/C13H16F3NO2/c1-12(11(18)19,17-9-13(14,15)16)8-7-10-5-3-2-4-6-10/h2-6,17H,7-9H2,1H3,(H,18,19). The predicted octanol–water partition coefficient (Wildman–Crippen LogP) is 2.61. The van der Waals surface area contributed by atoms with Crippen molar-refractivity contribution in [2.75, 3.05) is 6.54 Å². The van der Waals surface area contributed by atoms with Crippen molar-refractivity contribution in [1.29, 1.82) is 0 Å². The highest BCUT2D eigenvalue weighted by atomic mass is 19.4. The lowest BCUT2D eigenvalue weighted by Crippen LogP contribution is -2.52. The monoisotopic (exact) mass is 275 g/mol. The molecule has 0 aromatic heterocycles. The fourth-order valence-corrected chi connectivity index (χ4v) is 1.61. The summed E-state index contributed by atoms with van der Waals surface area (Å²) in [5, 5.41) is 11.2. The van der Waals surface area contributed by atoms with E-state index < -0.39 is 24.2 Å². The summed E-state index contributed by atoms with van der Waals surface area (Å²) < 4.78 is 36.5. The van der Waals surface area contributed by atoms with Crippen molar-refractivity contribution in [2.24, 2.45) is 0 Å². The molecule has 0 aliphatic heterocycles. The molecule has 0 aliphatic carbocycles. The van der Waals surface area contributed by atoms with Crippen LogP contribution >= 0.6 is 0 Å². The third-order valence-corrected chi connectivity index (χ3v) is 2.91. The second-order valence-corrected chi connectivity index (χ2v) is 4.59. The second-order valence-electron chi connectivity index (χ2n) is 4.59. The molecule has 0 amide bonds. The average molecular weight is 275 g/mol. The van der Waals surface area contributed by atoms with Gasteiger partial charge >= 0.3 is 12.1 Å². The van der Waals surface area contributed by atoms with Crippen LogP contribution in [0.3, 0.4) is 0 Å². The third kappa shape index (κ3) is 5.30. The van der Waals surface area contributed by atoms with Gasteiger partial charge in [0.25, 0.3) is 0 Å². The van der Waals surface area contributed by atoms with Gasteiger partial charge in [-0.3, -0.25) is 10.1 Å². The van der Waals surface area contributed by atoms with Crippen LogP contribution in [0.15, 0.2) is 30.3 Å². The second kappa shape index (κ2) is 6.06. The molecule has 0 aliphatic rings. The Bertz CT molecular complexity index is 420. The number of halogens is 3. The molecule has 19 heavy (non-hydrogen) atoms. The maximum atomic E-state index is 12.2. The molecule has 0 fully saturated rings. The Morgan fingerprint density at radius 3 is 2.32 bits per heavy atom. The first kappa shape index (κ1) is 15.5. The van der Waals surface area contributed by atoms with Crippen molar-refractivity contribution in [2.45, 2.75) is 31.5 Å². The van der Waals surface area contributed by atoms with Crippen molar-refractivity contribution >= 4 is 5.97 Å². The van der Waals surface area contributed by atoms with Crippen LogP contribution in [0.1, 0.15) is 18.9 Å². The highest BCUT2D eigenvalue weighted by molar-refractivity contribution is 5.78. The number of aryl methyl sites for hydroxylation is 1. The number of hydrogen-bond donors (Lipinski definition) is 2. The van der Waals surface area contributed by atoms with Crippen molar-refractivity contribution in [3.05, 3.63) is 35.9 Å². The summed E-state index contributed by atoms with van der Waals surface area (Å²) in [6.07, 6.45) is -3.94. The van der Waals surface area contributed by atoms with E-state index in [0.29, 0.717) is 6.42 Å². The zero-order valence-corrected chi connectivity index (χ0v) is 10.5. The molecule has 0 saturated carbocycles. The molecule has 0 spiro atoms.